The smallest absolute Gasteiger partial charge is 0.322 e. The first-order valence-electron chi connectivity index (χ1n) is 12.8. The van der Waals surface area contributed by atoms with Gasteiger partial charge < -0.3 is 19.1 Å². The largest absolute Gasteiger partial charge is 0.497 e. The Balaban J connectivity index is 1.57. The third-order valence-corrected chi connectivity index (χ3v) is 8.48. The van der Waals surface area contributed by atoms with Crippen molar-refractivity contribution in [2.24, 2.45) is 5.92 Å². The lowest BCUT2D eigenvalue weighted by Crippen LogP contribution is -2.42. The Labute approximate surface area is 224 Å². The van der Waals surface area contributed by atoms with Crippen molar-refractivity contribution in [3.8, 4) is 23.3 Å². The molecule has 0 saturated heterocycles. The molecule has 0 unspecified atom stereocenters. The molecule has 1 heterocycles. The highest BCUT2D eigenvalue weighted by Gasteiger charge is 2.27. The lowest BCUT2D eigenvalue weighted by molar-refractivity contribution is -0.138. The fourth-order valence-corrected chi connectivity index (χ4v) is 6.19. The van der Waals surface area contributed by atoms with E-state index >= 15 is 0 Å². The normalized spacial score (nSPS) is 15.0. The third-order valence-electron chi connectivity index (χ3n) is 6.99. The van der Waals surface area contributed by atoms with Crippen LogP contribution in [0.4, 0.5) is 0 Å². The SMILES string of the molecule is CC#CCOc1ccc(S(=O)(=O)N[C@@H](Cc2cn(CC3CCCCC3)c3ccc(OC)cc23)C(=O)O)cc1. The van der Waals surface area contributed by atoms with Gasteiger partial charge in [-0.25, -0.2) is 8.42 Å². The Bertz CT molecular complexity index is 1430. The molecule has 3 aromatic rings. The van der Waals surface area contributed by atoms with Crippen LogP contribution in [-0.2, 0) is 27.8 Å². The number of benzene rings is 2. The van der Waals surface area contributed by atoms with Gasteiger partial charge in [-0.05, 0) is 73.7 Å². The van der Waals surface area contributed by atoms with Gasteiger partial charge >= 0.3 is 5.97 Å². The Kier molecular flexibility index (Phi) is 8.97. The van der Waals surface area contributed by atoms with Gasteiger partial charge in [0.15, 0.2) is 0 Å². The molecule has 0 spiro atoms. The number of hydrogen-bond acceptors (Lipinski definition) is 5. The molecule has 0 amide bonds. The summed E-state index contributed by atoms with van der Waals surface area (Å²) in [5.74, 6) is 5.95. The van der Waals surface area contributed by atoms with Crippen LogP contribution in [0.15, 0.2) is 53.6 Å². The quantitative estimate of drug-likeness (QED) is 0.346. The van der Waals surface area contributed by atoms with Gasteiger partial charge in [0.05, 0.1) is 12.0 Å². The molecule has 1 aromatic heterocycles. The van der Waals surface area contributed by atoms with Crippen LogP contribution in [0.25, 0.3) is 10.9 Å². The molecule has 1 atom stereocenters. The fraction of sp³-hybridized carbons (Fsp3) is 0.414. The predicted molar refractivity (Wildman–Crippen MR) is 146 cm³/mol. The topological polar surface area (TPSA) is 107 Å². The zero-order valence-corrected chi connectivity index (χ0v) is 22.6. The maximum absolute atomic E-state index is 13.1. The summed E-state index contributed by atoms with van der Waals surface area (Å²) in [5.41, 5.74) is 1.74. The van der Waals surface area contributed by atoms with Gasteiger partial charge in [-0.1, -0.05) is 25.2 Å². The number of aliphatic carboxylic acids is 1. The second-order valence-corrected chi connectivity index (χ2v) is 11.3. The first-order valence-corrected chi connectivity index (χ1v) is 14.3. The number of nitrogens with one attached hydrogen (secondary N) is 1. The minimum absolute atomic E-state index is 0.00716. The molecule has 2 aromatic carbocycles. The van der Waals surface area contributed by atoms with Gasteiger partial charge in [0.2, 0.25) is 10.0 Å². The second-order valence-electron chi connectivity index (χ2n) is 9.60. The van der Waals surface area contributed by atoms with Gasteiger partial charge in [-0.3, -0.25) is 4.79 Å². The van der Waals surface area contributed by atoms with E-state index < -0.39 is 22.0 Å². The maximum Gasteiger partial charge on any atom is 0.322 e. The number of nitrogens with zero attached hydrogens (tertiary/aromatic N) is 1. The number of sulfonamides is 1. The number of carboxylic acids is 1. The molecule has 1 fully saturated rings. The van der Waals surface area contributed by atoms with Gasteiger partial charge in [0.25, 0.3) is 0 Å². The highest BCUT2D eigenvalue weighted by Crippen LogP contribution is 2.31. The monoisotopic (exact) mass is 538 g/mol. The molecule has 9 heteroatoms. The van der Waals surface area contributed by atoms with Crippen LogP contribution in [-0.4, -0.2) is 43.8 Å². The summed E-state index contributed by atoms with van der Waals surface area (Å²) in [6.07, 6.45) is 8.05. The Morgan fingerprint density at radius 2 is 1.84 bits per heavy atom. The minimum atomic E-state index is -4.09. The number of carboxylic acid groups (broad SMARTS) is 1. The van der Waals surface area contributed by atoms with E-state index in [1.54, 1.807) is 14.0 Å². The van der Waals surface area contributed by atoms with Crippen molar-refractivity contribution in [2.45, 2.75) is 62.9 Å². The average Bonchev–Trinajstić information content (AvgIpc) is 3.25. The Morgan fingerprint density at radius 1 is 1.13 bits per heavy atom. The Morgan fingerprint density at radius 3 is 2.50 bits per heavy atom. The number of carbonyl (C=O) groups is 1. The van der Waals surface area contributed by atoms with E-state index in [2.05, 4.69) is 21.1 Å². The van der Waals surface area contributed by atoms with Crippen LogP contribution in [0.1, 0.15) is 44.6 Å². The fourth-order valence-electron chi connectivity index (χ4n) is 5.00. The zero-order valence-electron chi connectivity index (χ0n) is 21.8. The molecule has 1 aliphatic rings. The van der Waals surface area contributed by atoms with Crippen molar-refractivity contribution >= 4 is 26.9 Å². The van der Waals surface area contributed by atoms with Crippen molar-refractivity contribution in [1.29, 1.82) is 0 Å². The number of rotatable bonds is 11. The van der Waals surface area contributed by atoms with Gasteiger partial charge in [0.1, 0.15) is 24.1 Å². The van der Waals surface area contributed by atoms with Crippen LogP contribution in [0, 0.1) is 17.8 Å². The second kappa shape index (κ2) is 12.4. The van der Waals surface area contributed by atoms with Gasteiger partial charge in [-0.15, -0.1) is 5.92 Å². The summed E-state index contributed by atoms with van der Waals surface area (Å²) in [5, 5.41) is 10.8. The highest BCUT2D eigenvalue weighted by molar-refractivity contribution is 7.89. The van der Waals surface area contributed by atoms with Gasteiger partial charge in [0, 0.05) is 30.1 Å². The average molecular weight is 539 g/mol. The standard InChI is InChI=1S/C29H34N2O6S/c1-3-4-16-37-23-10-13-25(14-11-23)38(34,35)30-27(29(32)33)17-22-20-31(19-21-8-6-5-7-9-21)28-15-12-24(36-2)18-26(22)28/h10-15,18,20-21,27,30H,5-9,16-17,19H2,1-2H3,(H,32,33)/t27-/m0/s1. The summed E-state index contributed by atoms with van der Waals surface area (Å²) >= 11 is 0. The summed E-state index contributed by atoms with van der Waals surface area (Å²) in [4.78, 5) is 12.2. The predicted octanol–water partition coefficient (Wildman–Crippen LogP) is 4.61. The van der Waals surface area contributed by atoms with Crippen LogP contribution < -0.4 is 14.2 Å². The van der Waals surface area contributed by atoms with E-state index in [1.165, 1.54) is 56.4 Å². The van der Waals surface area contributed by atoms with Crippen molar-refractivity contribution in [3.63, 3.8) is 0 Å². The number of fused-ring (bicyclic) bond motifs is 1. The highest BCUT2D eigenvalue weighted by atomic mass is 32.2. The van der Waals surface area contributed by atoms with Crippen LogP contribution >= 0.6 is 0 Å². The molecular weight excluding hydrogens is 504 g/mol. The summed E-state index contributed by atoms with van der Waals surface area (Å²) in [6, 6.07) is 10.2. The molecule has 202 valence electrons. The van der Waals surface area contributed by atoms with E-state index in [4.69, 9.17) is 9.47 Å². The van der Waals surface area contributed by atoms with E-state index in [0.29, 0.717) is 17.4 Å². The molecule has 0 radical (unpaired) electrons. The number of hydrogen-bond donors (Lipinski definition) is 2. The summed E-state index contributed by atoms with van der Waals surface area (Å²) in [7, 11) is -2.51. The van der Waals surface area contributed by atoms with Crippen molar-refractivity contribution in [3.05, 3.63) is 54.2 Å². The number of methoxy groups -OCH3 is 1. The number of aromatic nitrogens is 1. The van der Waals surface area contributed by atoms with Gasteiger partial charge in [-0.2, -0.15) is 4.72 Å². The minimum Gasteiger partial charge on any atom is -0.497 e. The first kappa shape index (κ1) is 27.6. The summed E-state index contributed by atoms with van der Waals surface area (Å²) < 4.78 is 41.6. The Hall–Kier alpha value is -3.48. The lowest BCUT2D eigenvalue weighted by atomic mass is 9.89. The molecule has 38 heavy (non-hydrogen) atoms. The van der Waals surface area contributed by atoms with Crippen LogP contribution in [0.2, 0.25) is 0 Å². The lowest BCUT2D eigenvalue weighted by Gasteiger charge is -2.22. The number of ether oxygens (including phenoxy) is 2. The molecule has 2 N–H and O–H groups in total. The van der Waals surface area contributed by atoms with Crippen LogP contribution in [0.5, 0.6) is 11.5 Å². The van der Waals surface area contributed by atoms with E-state index in [1.807, 2.05) is 24.4 Å². The molecule has 8 nitrogen and oxygen atoms in total. The van der Waals surface area contributed by atoms with E-state index in [0.717, 1.165) is 23.0 Å². The molecule has 4 rings (SSSR count). The zero-order chi connectivity index (χ0) is 27.1. The summed E-state index contributed by atoms with van der Waals surface area (Å²) in [6.45, 7) is 2.75. The van der Waals surface area contributed by atoms with Crippen LogP contribution in [0.3, 0.4) is 0 Å². The molecule has 0 aliphatic heterocycles. The van der Waals surface area contributed by atoms with E-state index in [-0.39, 0.29) is 17.9 Å². The van der Waals surface area contributed by atoms with Crippen molar-refractivity contribution in [1.82, 2.24) is 9.29 Å². The molecule has 1 aliphatic carbocycles. The molecule has 0 bridgehead atoms. The third kappa shape index (κ3) is 6.69. The molecular formula is C29H34N2O6S. The van der Waals surface area contributed by atoms with E-state index in [9.17, 15) is 18.3 Å². The maximum atomic E-state index is 13.1. The molecule has 1 saturated carbocycles. The van der Waals surface area contributed by atoms with Crippen molar-refractivity contribution < 1.29 is 27.8 Å². The van der Waals surface area contributed by atoms with Crippen molar-refractivity contribution in [2.75, 3.05) is 13.7 Å². The first-order chi connectivity index (χ1) is 18.3.